The molecule has 3 aliphatic rings. The average Bonchev–Trinajstić information content (AvgIpc) is 2.14. The molecule has 1 saturated heterocycles. The van der Waals surface area contributed by atoms with Gasteiger partial charge in [-0.3, -0.25) is 4.79 Å². The second-order valence-electron chi connectivity index (χ2n) is 3.50. The molecule has 0 spiro atoms. The monoisotopic (exact) mass is 182 g/mol. The van der Waals surface area contributed by atoms with Crippen molar-refractivity contribution in [3.05, 3.63) is 11.4 Å². The van der Waals surface area contributed by atoms with Crippen molar-refractivity contribution in [2.75, 3.05) is 19.6 Å². The van der Waals surface area contributed by atoms with Gasteiger partial charge in [0.2, 0.25) is 0 Å². The van der Waals surface area contributed by atoms with Crippen LogP contribution in [0.5, 0.6) is 0 Å². The molecule has 0 aromatic carbocycles. The number of piperazine rings is 1. The van der Waals surface area contributed by atoms with Crippen molar-refractivity contribution in [3.63, 3.8) is 0 Å². The Hall–Kier alpha value is -1.19. The molecule has 2 bridgehead atoms. The zero-order valence-electron chi connectivity index (χ0n) is 7.99. The van der Waals surface area contributed by atoms with Gasteiger partial charge in [-0.05, 0) is 13.8 Å². The summed E-state index contributed by atoms with van der Waals surface area (Å²) in [4.78, 5) is 14.7. The van der Waals surface area contributed by atoms with E-state index < -0.39 is 0 Å². The van der Waals surface area contributed by atoms with E-state index in [1.54, 1.807) is 0 Å². The predicted molar refractivity (Wildman–Crippen MR) is 47.6 cm³/mol. The second kappa shape index (κ2) is 2.94. The van der Waals surface area contributed by atoms with Crippen molar-refractivity contribution in [2.24, 2.45) is 0 Å². The Morgan fingerprint density at radius 2 is 2.15 bits per heavy atom. The number of hydrogen-bond acceptors (Lipinski definition) is 4. The third-order valence-corrected chi connectivity index (χ3v) is 2.98. The average molecular weight is 182 g/mol. The third kappa shape index (κ3) is 1.17. The first-order valence-corrected chi connectivity index (χ1v) is 4.52. The molecule has 1 fully saturated rings. The SMILES string of the molecule is CC1=C(C)N2CCN1CC2OC=O. The van der Waals surface area contributed by atoms with E-state index in [2.05, 4.69) is 23.6 Å². The first-order chi connectivity index (χ1) is 6.24. The molecule has 3 heterocycles. The minimum absolute atomic E-state index is 0.0741. The topological polar surface area (TPSA) is 32.8 Å². The van der Waals surface area contributed by atoms with E-state index in [-0.39, 0.29) is 6.23 Å². The van der Waals surface area contributed by atoms with Crippen molar-refractivity contribution in [2.45, 2.75) is 20.1 Å². The molecule has 1 atom stereocenters. The number of carbonyl (C=O) groups excluding carboxylic acids is 1. The number of hydrogen-bond donors (Lipinski definition) is 0. The number of fused-ring (bicyclic) bond motifs is 2. The Balaban J connectivity index is 2.22. The van der Waals surface area contributed by atoms with Gasteiger partial charge in [0.05, 0.1) is 6.54 Å². The van der Waals surface area contributed by atoms with Gasteiger partial charge in [0.25, 0.3) is 6.47 Å². The van der Waals surface area contributed by atoms with E-state index >= 15 is 0 Å². The lowest BCUT2D eigenvalue weighted by molar-refractivity contribution is -0.148. The minimum atomic E-state index is -0.0741. The molecule has 0 radical (unpaired) electrons. The van der Waals surface area contributed by atoms with Gasteiger partial charge >= 0.3 is 0 Å². The van der Waals surface area contributed by atoms with E-state index in [4.69, 9.17) is 4.74 Å². The first kappa shape index (κ1) is 8.41. The summed E-state index contributed by atoms with van der Waals surface area (Å²) in [6.45, 7) is 7.53. The second-order valence-corrected chi connectivity index (χ2v) is 3.50. The van der Waals surface area contributed by atoms with Crippen LogP contribution in [0.1, 0.15) is 13.8 Å². The first-order valence-electron chi connectivity index (χ1n) is 4.52. The van der Waals surface area contributed by atoms with Gasteiger partial charge < -0.3 is 14.5 Å². The van der Waals surface area contributed by atoms with Crippen LogP contribution in [-0.2, 0) is 9.53 Å². The van der Waals surface area contributed by atoms with Crippen LogP contribution in [0.25, 0.3) is 0 Å². The minimum Gasteiger partial charge on any atom is -0.442 e. The zero-order chi connectivity index (χ0) is 9.42. The summed E-state index contributed by atoms with van der Waals surface area (Å²) in [5, 5.41) is 0. The molecular formula is C9H14N2O2. The Kier molecular flexibility index (Phi) is 1.90. The Bertz CT molecular complexity index is 262. The summed E-state index contributed by atoms with van der Waals surface area (Å²) in [6, 6.07) is 0. The molecule has 0 amide bonds. The Morgan fingerprint density at radius 1 is 1.38 bits per heavy atom. The summed E-state index contributed by atoms with van der Waals surface area (Å²) < 4.78 is 5.00. The molecule has 4 heteroatoms. The molecule has 13 heavy (non-hydrogen) atoms. The van der Waals surface area contributed by atoms with Crippen molar-refractivity contribution >= 4 is 6.47 Å². The molecule has 3 rings (SSSR count). The molecule has 0 saturated carbocycles. The standard InChI is InChI=1S/C9H14N2O2/c1-7-8(2)11-4-3-10(7)5-9(11)13-6-12/h6,9H,3-5H2,1-2H3. The van der Waals surface area contributed by atoms with Crippen LogP contribution in [0, 0.1) is 0 Å². The van der Waals surface area contributed by atoms with E-state index in [1.807, 2.05) is 0 Å². The summed E-state index contributed by atoms with van der Waals surface area (Å²) in [7, 11) is 0. The molecule has 0 aromatic heterocycles. The molecule has 1 unspecified atom stereocenters. The molecule has 4 nitrogen and oxygen atoms in total. The Morgan fingerprint density at radius 3 is 2.77 bits per heavy atom. The number of nitrogens with zero attached hydrogens (tertiary/aromatic N) is 2. The van der Waals surface area contributed by atoms with Crippen molar-refractivity contribution in [1.82, 2.24) is 9.80 Å². The van der Waals surface area contributed by atoms with Gasteiger partial charge in [-0.15, -0.1) is 0 Å². The van der Waals surface area contributed by atoms with Gasteiger partial charge in [0.1, 0.15) is 0 Å². The van der Waals surface area contributed by atoms with E-state index in [9.17, 15) is 4.79 Å². The van der Waals surface area contributed by atoms with Crippen LogP contribution in [0.2, 0.25) is 0 Å². The van der Waals surface area contributed by atoms with Crippen LogP contribution >= 0.6 is 0 Å². The fraction of sp³-hybridized carbons (Fsp3) is 0.667. The van der Waals surface area contributed by atoms with Gasteiger partial charge in [0.15, 0.2) is 6.23 Å². The lowest BCUT2D eigenvalue weighted by Crippen LogP contribution is -2.57. The van der Waals surface area contributed by atoms with E-state index in [0.29, 0.717) is 6.47 Å². The van der Waals surface area contributed by atoms with Crippen LogP contribution in [0.15, 0.2) is 11.4 Å². The van der Waals surface area contributed by atoms with E-state index in [1.165, 1.54) is 11.4 Å². The molecule has 3 aliphatic heterocycles. The van der Waals surface area contributed by atoms with E-state index in [0.717, 1.165) is 19.6 Å². The fourth-order valence-electron chi connectivity index (χ4n) is 2.06. The zero-order valence-corrected chi connectivity index (χ0v) is 7.99. The van der Waals surface area contributed by atoms with Gasteiger partial charge in [-0.2, -0.15) is 0 Å². The highest BCUT2D eigenvalue weighted by atomic mass is 16.5. The van der Waals surface area contributed by atoms with Crippen molar-refractivity contribution < 1.29 is 9.53 Å². The van der Waals surface area contributed by atoms with Gasteiger partial charge in [-0.25, -0.2) is 0 Å². The van der Waals surface area contributed by atoms with Crippen molar-refractivity contribution in [1.29, 1.82) is 0 Å². The summed E-state index contributed by atoms with van der Waals surface area (Å²) >= 11 is 0. The van der Waals surface area contributed by atoms with Gasteiger partial charge in [0, 0.05) is 24.5 Å². The van der Waals surface area contributed by atoms with Crippen LogP contribution in [-0.4, -0.2) is 42.1 Å². The molecule has 72 valence electrons. The normalized spacial score (nSPS) is 26.8. The maximum absolute atomic E-state index is 10.3. The predicted octanol–water partition coefficient (Wildman–Crippen LogP) is 0.368. The van der Waals surface area contributed by atoms with Crippen LogP contribution in [0.3, 0.4) is 0 Å². The smallest absolute Gasteiger partial charge is 0.295 e. The number of ether oxygens (including phenoxy) is 1. The Labute approximate surface area is 77.8 Å². The number of allylic oxidation sites excluding steroid dienone is 2. The lowest BCUT2D eigenvalue weighted by atomic mass is 10.1. The summed E-state index contributed by atoms with van der Waals surface area (Å²) in [6.07, 6.45) is -0.0741. The summed E-state index contributed by atoms with van der Waals surface area (Å²) in [5.41, 5.74) is 2.53. The quantitative estimate of drug-likeness (QED) is 0.578. The van der Waals surface area contributed by atoms with Crippen molar-refractivity contribution in [3.8, 4) is 0 Å². The molecule has 0 aliphatic carbocycles. The molecular weight excluding hydrogens is 168 g/mol. The third-order valence-electron chi connectivity index (χ3n) is 2.98. The highest BCUT2D eigenvalue weighted by Gasteiger charge is 2.34. The number of rotatable bonds is 2. The summed E-state index contributed by atoms with van der Waals surface area (Å²) in [5.74, 6) is 0. The number of carbonyl (C=O) groups is 1. The molecule has 0 N–H and O–H groups in total. The van der Waals surface area contributed by atoms with Crippen LogP contribution < -0.4 is 0 Å². The lowest BCUT2D eigenvalue weighted by Gasteiger charge is -2.49. The maximum Gasteiger partial charge on any atom is 0.295 e. The highest BCUT2D eigenvalue weighted by molar-refractivity contribution is 5.38. The van der Waals surface area contributed by atoms with Crippen LogP contribution in [0.4, 0.5) is 0 Å². The maximum atomic E-state index is 10.3. The fourth-order valence-corrected chi connectivity index (χ4v) is 2.06. The molecule has 0 aromatic rings. The highest BCUT2D eigenvalue weighted by Crippen LogP contribution is 2.28. The van der Waals surface area contributed by atoms with Gasteiger partial charge in [-0.1, -0.05) is 0 Å². The largest absolute Gasteiger partial charge is 0.442 e.